The lowest BCUT2D eigenvalue weighted by Gasteiger charge is -2.23. The summed E-state index contributed by atoms with van der Waals surface area (Å²) in [6.07, 6.45) is 1.84. The number of halogens is 1. The van der Waals surface area contributed by atoms with Crippen LogP contribution < -0.4 is 5.73 Å². The van der Waals surface area contributed by atoms with E-state index in [1.807, 2.05) is 25.9 Å². The molecule has 0 bridgehead atoms. The molecule has 1 fully saturated rings. The first kappa shape index (κ1) is 13.3. The molecule has 3 N–H and O–H groups in total. The molecule has 0 amide bonds. The van der Waals surface area contributed by atoms with E-state index in [4.69, 9.17) is 5.73 Å². The van der Waals surface area contributed by atoms with Crippen LogP contribution in [-0.2, 0) is 12.0 Å². The number of benzene rings is 1. The van der Waals surface area contributed by atoms with Crippen molar-refractivity contribution in [3.63, 3.8) is 0 Å². The first-order valence-electron chi connectivity index (χ1n) is 6.29. The van der Waals surface area contributed by atoms with E-state index >= 15 is 0 Å². The molecule has 0 aromatic heterocycles. The average Bonchev–Trinajstić information content (AvgIpc) is 3.03. The second kappa shape index (κ2) is 4.52. The van der Waals surface area contributed by atoms with Gasteiger partial charge >= 0.3 is 0 Å². The summed E-state index contributed by atoms with van der Waals surface area (Å²) in [5, 5.41) is 10.3. The van der Waals surface area contributed by atoms with Gasteiger partial charge in [-0.15, -0.1) is 0 Å². The van der Waals surface area contributed by atoms with E-state index in [0.29, 0.717) is 17.7 Å². The van der Waals surface area contributed by atoms with Gasteiger partial charge in [0.05, 0.1) is 0 Å². The largest absolute Gasteiger partial charge is 0.507 e. The molecule has 1 atom stereocenters. The molecule has 0 spiro atoms. The van der Waals surface area contributed by atoms with Crippen LogP contribution in [0.2, 0.25) is 0 Å². The standard InChI is InChI=1S/C14H21FN2O/c1-9(16)14(4-5-14)12-7-11(15)6-10(13(12)18)8-17(2)3/h6-7,9,18H,4-5,8,16H2,1-3H3. The molecule has 0 saturated heterocycles. The lowest BCUT2D eigenvalue weighted by Crippen LogP contribution is -2.32. The Kier molecular flexibility index (Phi) is 3.34. The van der Waals surface area contributed by atoms with E-state index in [1.165, 1.54) is 12.1 Å². The molecule has 0 aliphatic heterocycles. The van der Waals surface area contributed by atoms with Crippen molar-refractivity contribution < 1.29 is 9.50 Å². The Balaban J connectivity index is 2.45. The summed E-state index contributed by atoms with van der Waals surface area (Å²) in [5.41, 5.74) is 7.06. The zero-order valence-corrected chi connectivity index (χ0v) is 11.2. The Morgan fingerprint density at radius 1 is 1.44 bits per heavy atom. The minimum atomic E-state index is -0.299. The average molecular weight is 252 g/mol. The van der Waals surface area contributed by atoms with Gasteiger partial charge in [0.1, 0.15) is 11.6 Å². The highest BCUT2D eigenvalue weighted by Crippen LogP contribution is 2.53. The fourth-order valence-electron chi connectivity index (χ4n) is 2.60. The molecule has 3 nitrogen and oxygen atoms in total. The fraction of sp³-hybridized carbons (Fsp3) is 0.571. The summed E-state index contributed by atoms with van der Waals surface area (Å²) in [6, 6.07) is 2.76. The van der Waals surface area contributed by atoms with E-state index in [1.54, 1.807) is 0 Å². The van der Waals surface area contributed by atoms with E-state index < -0.39 is 0 Å². The quantitative estimate of drug-likeness (QED) is 0.861. The zero-order valence-electron chi connectivity index (χ0n) is 11.2. The van der Waals surface area contributed by atoms with Crippen LogP contribution in [0.25, 0.3) is 0 Å². The lowest BCUT2D eigenvalue weighted by molar-refractivity contribution is 0.378. The highest BCUT2D eigenvalue weighted by Gasteiger charge is 2.49. The van der Waals surface area contributed by atoms with Crippen molar-refractivity contribution in [1.82, 2.24) is 4.90 Å². The van der Waals surface area contributed by atoms with Crippen molar-refractivity contribution in [1.29, 1.82) is 0 Å². The number of phenols is 1. The van der Waals surface area contributed by atoms with Gasteiger partial charge in [0.25, 0.3) is 0 Å². The topological polar surface area (TPSA) is 49.5 Å². The van der Waals surface area contributed by atoms with Gasteiger partial charge in [-0.25, -0.2) is 4.39 Å². The van der Waals surface area contributed by atoms with Crippen LogP contribution in [0.5, 0.6) is 5.75 Å². The molecule has 1 unspecified atom stereocenters. The van der Waals surface area contributed by atoms with Gasteiger partial charge in [0.15, 0.2) is 0 Å². The van der Waals surface area contributed by atoms with Crippen LogP contribution in [0.4, 0.5) is 4.39 Å². The van der Waals surface area contributed by atoms with Gasteiger partial charge in [-0.05, 0) is 46.0 Å². The molecule has 1 saturated carbocycles. The second-order valence-electron chi connectivity index (χ2n) is 5.64. The number of nitrogens with two attached hydrogens (primary N) is 1. The maximum atomic E-state index is 13.7. The van der Waals surface area contributed by atoms with Crippen LogP contribution in [0.3, 0.4) is 0 Å². The van der Waals surface area contributed by atoms with Crippen molar-refractivity contribution >= 4 is 0 Å². The Labute approximate surface area is 107 Å². The number of hydrogen-bond donors (Lipinski definition) is 2. The summed E-state index contributed by atoms with van der Waals surface area (Å²) < 4.78 is 13.7. The zero-order chi connectivity index (χ0) is 13.5. The van der Waals surface area contributed by atoms with Crippen molar-refractivity contribution in [3.05, 3.63) is 29.1 Å². The molecular formula is C14H21FN2O. The van der Waals surface area contributed by atoms with Gasteiger partial charge in [0, 0.05) is 29.1 Å². The van der Waals surface area contributed by atoms with Gasteiger partial charge in [-0.2, -0.15) is 0 Å². The summed E-state index contributed by atoms with van der Waals surface area (Å²) >= 11 is 0. The smallest absolute Gasteiger partial charge is 0.124 e. The van der Waals surface area contributed by atoms with Gasteiger partial charge in [-0.3, -0.25) is 0 Å². The van der Waals surface area contributed by atoms with Gasteiger partial charge in [-0.1, -0.05) is 0 Å². The summed E-state index contributed by atoms with van der Waals surface area (Å²) in [7, 11) is 3.78. The van der Waals surface area contributed by atoms with Crippen LogP contribution in [-0.4, -0.2) is 30.1 Å². The molecule has 1 aromatic rings. The highest BCUT2D eigenvalue weighted by atomic mass is 19.1. The first-order chi connectivity index (χ1) is 8.36. The molecule has 1 aromatic carbocycles. The van der Waals surface area contributed by atoms with E-state index in [-0.39, 0.29) is 23.0 Å². The summed E-state index contributed by atoms with van der Waals surface area (Å²) in [5.74, 6) is -0.0912. The maximum absolute atomic E-state index is 13.7. The summed E-state index contributed by atoms with van der Waals surface area (Å²) in [4.78, 5) is 1.91. The molecule has 100 valence electrons. The lowest BCUT2D eigenvalue weighted by atomic mass is 9.87. The third-order valence-corrected chi connectivity index (χ3v) is 3.84. The fourth-order valence-corrected chi connectivity index (χ4v) is 2.60. The van der Waals surface area contributed by atoms with Crippen molar-refractivity contribution in [2.45, 2.75) is 37.8 Å². The first-order valence-corrected chi connectivity index (χ1v) is 6.29. The number of aromatic hydroxyl groups is 1. The molecule has 4 heteroatoms. The molecule has 2 rings (SSSR count). The minimum absolute atomic E-state index is 0.0718. The van der Waals surface area contributed by atoms with Crippen LogP contribution in [0, 0.1) is 5.82 Å². The van der Waals surface area contributed by atoms with E-state index in [0.717, 1.165) is 12.8 Å². The van der Waals surface area contributed by atoms with E-state index in [9.17, 15) is 9.50 Å². The Bertz CT molecular complexity index is 453. The Morgan fingerprint density at radius 3 is 2.50 bits per heavy atom. The van der Waals surface area contributed by atoms with Gasteiger partial charge < -0.3 is 15.7 Å². The molecule has 18 heavy (non-hydrogen) atoms. The molecule has 0 heterocycles. The second-order valence-corrected chi connectivity index (χ2v) is 5.64. The van der Waals surface area contributed by atoms with Crippen molar-refractivity contribution in [2.75, 3.05) is 14.1 Å². The van der Waals surface area contributed by atoms with Crippen LogP contribution >= 0.6 is 0 Å². The minimum Gasteiger partial charge on any atom is -0.507 e. The van der Waals surface area contributed by atoms with Crippen molar-refractivity contribution in [3.8, 4) is 5.75 Å². The van der Waals surface area contributed by atoms with Crippen LogP contribution in [0.1, 0.15) is 30.9 Å². The number of nitrogens with zero attached hydrogens (tertiary/aromatic N) is 1. The number of phenolic OH excluding ortho intramolecular Hbond substituents is 1. The predicted octanol–water partition coefficient (Wildman–Crippen LogP) is 1.97. The predicted molar refractivity (Wildman–Crippen MR) is 70.0 cm³/mol. The molecule has 1 aliphatic carbocycles. The monoisotopic (exact) mass is 252 g/mol. The molecular weight excluding hydrogens is 231 g/mol. The normalized spacial score (nSPS) is 19.0. The summed E-state index contributed by atoms with van der Waals surface area (Å²) in [6.45, 7) is 2.44. The van der Waals surface area contributed by atoms with Gasteiger partial charge in [0.2, 0.25) is 0 Å². The SMILES string of the molecule is CC(N)C1(c2cc(F)cc(CN(C)C)c2O)CC1. The van der Waals surface area contributed by atoms with Crippen molar-refractivity contribution in [2.24, 2.45) is 5.73 Å². The third-order valence-electron chi connectivity index (χ3n) is 3.84. The number of rotatable bonds is 4. The Hall–Kier alpha value is -1.13. The number of hydrogen-bond acceptors (Lipinski definition) is 3. The molecule has 1 aliphatic rings. The van der Waals surface area contributed by atoms with E-state index in [2.05, 4.69) is 0 Å². The highest BCUT2D eigenvalue weighted by molar-refractivity contribution is 5.49. The van der Waals surface area contributed by atoms with Crippen LogP contribution in [0.15, 0.2) is 12.1 Å². The Morgan fingerprint density at radius 2 is 2.06 bits per heavy atom. The molecule has 0 radical (unpaired) electrons. The third kappa shape index (κ3) is 2.22. The maximum Gasteiger partial charge on any atom is 0.124 e.